The van der Waals surface area contributed by atoms with Crippen LogP contribution in [0.4, 0.5) is 5.69 Å². The number of carbonyl (C=O) groups excluding carboxylic acids is 1. The van der Waals surface area contributed by atoms with Crippen molar-refractivity contribution in [1.29, 1.82) is 0 Å². The number of aryl methyl sites for hydroxylation is 1. The van der Waals surface area contributed by atoms with Crippen LogP contribution >= 0.6 is 11.6 Å². The smallest absolute Gasteiger partial charge is 0.310 e. The number of anilines is 1. The largest absolute Gasteiger partial charge is 0.481 e. The predicted octanol–water partition coefficient (Wildman–Crippen LogP) is 3.02. The molecule has 28 heavy (non-hydrogen) atoms. The second kappa shape index (κ2) is 7.22. The van der Waals surface area contributed by atoms with Gasteiger partial charge in [-0.15, -0.1) is 0 Å². The first-order valence-corrected chi connectivity index (χ1v) is 9.71. The lowest BCUT2D eigenvalue weighted by Crippen LogP contribution is -2.41. The summed E-state index contributed by atoms with van der Waals surface area (Å²) < 4.78 is 7.49. The normalized spacial score (nSPS) is 25.8. The number of nitrogens with one attached hydrogen (secondary N) is 1. The SMILES string of the molecule is Cc1nn(Cc2ccccc2Cl)c(C)c1NC(=O)[C@@H]1[C@H](C(=O)O)[C@H]2CC[C@H]1O2. The molecule has 1 aromatic heterocycles. The van der Waals surface area contributed by atoms with Crippen LogP contribution in [-0.4, -0.2) is 39.0 Å². The van der Waals surface area contributed by atoms with Crippen molar-refractivity contribution < 1.29 is 19.4 Å². The molecule has 8 heteroatoms. The highest BCUT2D eigenvalue weighted by Gasteiger charge is 2.55. The molecule has 2 saturated heterocycles. The highest BCUT2D eigenvalue weighted by molar-refractivity contribution is 6.31. The van der Waals surface area contributed by atoms with Crippen molar-refractivity contribution in [2.75, 3.05) is 5.32 Å². The van der Waals surface area contributed by atoms with Crippen molar-refractivity contribution in [2.24, 2.45) is 11.8 Å². The summed E-state index contributed by atoms with van der Waals surface area (Å²) in [4.78, 5) is 24.6. The zero-order valence-electron chi connectivity index (χ0n) is 15.7. The number of carbonyl (C=O) groups is 2. The molecule has 2 bridgehead atoms. The lowest BCUT2D eigenvalue weighted by Gasteiger charge is -2.23. The summed E-state index contributed by atoms with van der Waals surface area (Å²) in [5.74, 6) is -2.77. The fourth-order valence-corrected chi connectivity index (χ4v) is 4.55. The zero-order valence-corrected chi connectivity index (χ0v) is 16.4. The van der Waals surface area contributed by atoms with E-state index in [0.29, 0.717) is 29.4 Å². The van der Waals surface area contributed by atoms with Crippen LogP contribution in [0.3, 0.4) is 0 Å². The lowest BCUT2D eigenvalue weighted by atomic mass is 9.78. The molecular weight excluding hydrogens is 382 g/mol. The number of hydrogen-bond acceptors (Lipinski definition) is 4. The van der Waals surface area contributed by atoms with Crippen LogP contribution in [-0.2, 0) is 20.9 Å². The van der Waals surface area contributed by atoms with Crippen molar-refractivity contribution in [3.05, 3.63) is 46.2 Å². The van der Waals surface area contributed by atoms with Gasteiger partial charge in [-0.3, -0.25) is 14.3 Å². The van der Waals surface area contributed by atoms with Gasteiger partial charge in [-0.2, -0.15) is 5.10 Å². The Hall–Kier alpha value is -2.38. The van der Waals surface area contributed by atoms with E-state index in [-0.39, 0.29) is 18.1 Å². The van der Waals surface area contributed by atoms with Crippen LogP contribution in [0.2, 0.25) is 5.02 Å². The molecular formula is C20H22ClN3O4. The Morgan fingerprint density at radius 1 is 1.25 bits per heavy atom. The first-order chi connectivity index (χ1) is 13.4. The number of carboxylic acid groups (broad SMARTS) is 1. The number of carboxylic acids is 1. The third kappa shape index (κ3) is 3.18. The topological polar surface area (TPSA) is 93.5 Å². The van der Waals surface area contributed by atoms with Crippen LogP contribution in [0.15, 0.2) is 24.3 Å². The average molecular weight is 404 g/mol. The maximum atomic E-state index is 12.9. The van der Waals surface area contributed by atoms with E-state index in [0.717, 1.165) is 17.7 Å². The number of benzene rings is 1. The molecule has 4 atom stereocenters. The second-order valence-corrected chi connectivity index (χ2v) is 7.87. The van der Waals surface area contributed by atoms with Gasteiger partial charge < -0.3 is 15.2 Å². The van der Waals surface area contributed by atoms with Gasteiger partial charge in [0.1, 0.15) is 0 Å². The first kappa shape index (κ1) is 19.0. The van der Waals surface area contributed by atoms with Crippen LogP contribution in [0.5, 0.6) is 0 Å². The van der Waals surface area contributed by atoms with Gasteiger partial charge in [-0.1, -0.05) is 29.8 Å². The molecule has 2 N–H and O–H groups in total. The number of aliphatic carboxylic acids is 1. The van der Waals surface area contributed by atoms with E-state index in [1.165, 1.54) is 0 Å². The fourth-order valence-electron chi connectivity index (χ4n) is 4.35. The molecule has 0 radical (unpaired) electrons. The van der Waals surface area contributed by atoms with Gasteiger partial charge in [0, 0.05) is 5.02 Å². The lowest BCUT2D eigenvalue weighted by molar-refractivity contribution is -0.147. The molecule has 0 unspecified atom stereocenters. The summed E-state index contributed by atoms with van der Waals surface area (Å²) in [5.41, 5.74) is 3.01. The molecule has 1 aromatic carbocycles. The minimum absolute atomic E-state index is 0.317. The number of amides is 1. The first-order valence-electron chi connectivity index (χ1n) is 9.33. The Kier molecular flexibility index (Phi) is 4.89. The fraction of sp³-hybridized carbons (Fsp3) is 0.450. The number of fused-ring (bicyclic) bond motifs is 2. The van der Waals surface area contributed by atoms with E-state index in [1.807, 2.05) is 38.1 Å². The van der Waals surface area contributed by atoms with E-state index in [2.05, 4.69) is 10.4 Å². The molecule has 0 aliphatic carbocycles. The molecule has 148 valence electrons. The van der Waals surface area contributed by atoms with Gasteiger partial charge in [0.25, 0.3) is 0 Å². The summed E-state index contributed by atoms with van der Waals surface area (Å²) in [6, 6.07) is 7.54. The predicted molar refractivity (Wildman–Crippen MR) is 103 cm³/mol. The molecule has 2 aliphatic heterocycles. The molecule has 2 aliphatic rings. The van der Waals surface area contributed by atoms with Gasteiger partial charge in [0.15, 0.2) is 0 Å². The molecule has 1 amide bonds. The summed E-state index contributed by atoms with van der Waals surface area (Å²) >= 11 is 6.24. The third-order valence-electron chi connectivity index (χ3n) is 5.77. The summed E-state index contributed by atoms with van der Waals surface area (Å²) in [5, 5.41) is 17.6. The highest BCUT2D eigenvalue weighted by Crippen LogP contribution is 2.44. The summed E-state index contributed by atoms with van der Waals surface area (Å²) in [6.45, 7) is 4.17. The number of ether oxygens (including phenoxy) is 1. The van der Waals surface area contributed by atoms with Crippen LogP contribution in [0.25, 0.3) is 0 Å². The molecule has 3 heterocycles. The maximum Gasteiger partial charge on any atom is 0.310 e. The van der Waals surface area contributed by atoms with E-state index in [4.69, 9.17) is 16.3 Å². The van der Waals surface area contributed by atoms with Gasteiger partial charge in [0.2, 0.25) is 5.91 Å². The van der Waals surface area contributed by atoms with Gasteiger partial charge in [-0.25, -0.2) is 0 Å². The van der Waals surface area contributed by atoms with Crippen molar-refractivity contribution in [1.82, 2.24) is 9.78 Å². The third-order valence-corrected chi connectivity index (χ3v) is 6.14. The van der Waals surface area contributed by atoms with E-state index in [9.17, 15) is 14.7 Å². The molecule has 2 fully saturated rings. The van der Waals surface area contributed by atoms with Crippen molar-refractivity contribution in [2.45, 2.75) is 45.4 Å². The molecule has 0 spiro atoms. The maximum absolute atomic E-state index is 12.9. The monoisotopic (exact) mass is 403 g/mol. The molecule has 2 aromatic rings. The number of aromatic nitrogens is 2. The average Bonchev–Trinajstić information content (AvgIpc) is 3.33. The van der Waals surface area contributed by atoms with Crippen LogP contribution in [0, 0.1) is 25.7 Å². The van der Waals surface area contributed by atoms with Crippen molar-refractivity contribution in [3.63, 3.8) is 0 Å². The number of nitrogens with zero attached hydrogens (tertiary/aromatic N) is 2. The Bertz CT molecular complexity index is 942. The minimum Gasteiger partial charge on any atom is -0.481 e. The minimum atomic E-state index is -0.977. The van der Waals surface area contributed by atoms with Gasteiger partial charge in [-0.05, 0) is 38.3 Å². The second-order valence-electron chi connectivity index (χ2n) is 7.46. The van der Waals surface area contributed by atoms with Crippen LogP contribution in [0.1, 0.15) is 29.8 Å². The molecule has 4 rings (SSSR count). The number of hydrogen-bond donors (Lipinski definition) is 2. The van der Waals surface area contributed by atoms with E-state index < -0.39 is 17.8 Å². The van der Waals surface area contributed by atoms with Gasteiger partial charge in [0.05, 0.1) is 47.7 Å². The van der Waals surface area contributed by atoms with E-state index in [1.54, 1.807) is 4.68 Å². The summed E-state index contributed by atoms with van der Waals surface area (Å²) in [7, 11) is 0. The highest BCUT2D eigenvalue weighted by atomic mass is 35.5. The number of rotatable bonds is 5. The van der Waals surface area contributed by atoms with E-state index >= 15 is 0 Å². The Morgan fingerprint density at radius 3 is 2.61 bits per heavy atom. The standard InChI is InChI=1S/C20H22ClN3O4/c1-10-18(11(2)24(23-10)9-12-5-3-4-6-13(12)21)22-19(25)16-14-7-8-15(28-14)17(16)20(26)27/h3-6,14-17H,7-9H2,1-2H3,(H,22,25)(H,26,27)/t14-,15-,16+,17-/m1/s1. The van der Waals surface area contributed by atoms with Gasteiger partial charge >= 0.3 is 5.97 Å². The zero-order chi connectivity index (χ0) is 20.0. The number of halogens is 1. The Balaban J connectivity index is 1.55. The Labute approximate surface area is 167 Å². The molecule has 7 nitrogen and oxygen atoms in total. The van der Waals surface area contributed by atoms with Crippen molar-refractivity contribution in [3.8, 4) is 0 Å². The molecule has 0 saturated carbocycles. The van der Waals surface area contributed by atoms with Crippen LogP contribution < -0.4 is 5.32 Å². The van der Waals surface area contributed by atoms with Crippen molar-refractivity contribution >= 4 is 29.2 Å². The Morgan fingerprint density at radius 2 is 1.93 bits per heavy atom. The summed E-state index contributed by atoms with van der Waals surface area (Å²) in [6.07, 6.45) is 0.712. The quantitative estimate of drug-likeness (QED) is 0.800.